The van der Waals surface area contributed by atoms with Crippen LogP contribution in [0.5, 0.6) is 0 Å². The molecule has 20 heavy (non-hydrogen) atoms. The van der Waals surface area contributed by atoms with Crippen molar-refractivity contribution in [3.05, 3.63) is 35.4 Å². The summed E-state index contributed by atoms with van der Waals surface area (Å²) in [6.07, 6.45) is 3.61. The van der Waals surface area contributed by atoms with Gasteiger partial charge in [0, 0.05) is 5.38 Å². The summed E-state index contributed by atoms with van der Waals surface area (Å²) in [4.78, 5) is 0. The molecule has 0 heterocycles. The quantitative estimate of drug-likeness (QED) is 0.626. The van der Waals surface area contributed by atoms with E-state index in [-0.39, 0.29) is 28.3 Å². The number of hydrogen-bond acceptors (Lipinski definition) is 0. The zero-order valence-corrected chi connectivity index (χ0v) is 13.2. The highest BCUT2D eigenvalue weighted by Gasteiger charge is 2.35. The fourth-order valence-corrected chi connectivity index (χ4v) is 3.52. The van der Waals surface area contributed by atoms with Gasteiger partial charge in [0.1, 0.15) is 11.6 Å². The number of rotatable bonds is 2. The van der Waals surface area contributed by atoms with Crippen LogP contribution in [0.15, 0.2) is 18.2 Å². The molecular formula is C17H23ClF2. The molecule has 0 bridgehead atoms. The Morgan fingerprint density at radius 1 is 1.20 bits per heavy atom. The Balaban J connectivity index is 2.12. The third-order valence-electron chi connectivity index (χ3n) is 4.60. The molecule has 112 valence electrons. The van der Waals surface area contributed by atoms with Crippen LogP contribution in [0.1, 0.15) is 45.6 Å². The molecule has 0 N–H and O–H groups in total. The van der Waals surface area contributed by atoms with E-state index in [1.54, 1.807) is 0 Å². The normalized spacial score (nSPS) is 27.6. The Labute approximate surface area is 125 Å². The maximum Gasteiger partial charge on any atom is 0.126 e. The summed E-state index contributed by atoms with van der Waals surface area (Å²) in [5, 5.41) is 0.0660. The molecule has 3 atom stereocenters. The van der Waals surface area contributed by atoms with Crippen molar-refractivity contribution >= 4 is 11.6 Å². The van der Waals surface area contributed by atoms with Crippen LogP contribution in [-0.4, -0.2) is 5.38 Å². The summed E-state index contributed by atoms with van der Waals surface area (Å²) >= 11 is 6.42. The lowest BCUT2D eigenvalue weighted by molar-refractivity contribution is 0.143. The fourth-order valence-electron chi connectivity index (χ4n) is 3.21. The van der Waals surface area contributed by atoms with Crippen LogP contribution >= 0.6 is 11.6 Å². The summed E-state index contributed by atoms with van der Waals surface area (Å²) < 4.78 is 27.0. The molecule has 0 aromatic heterocycles. The molecule has 0 spiro atoms. The first-order chi connectivity index (χ1) is 9.27. The second-order valence-corrected chi connectivity index (χ2v) is 7.65. The minimum atomic E-state index is -0.379. The Bertz CT molecular complexity index is 465. The van der Waals surface area contributed by atoms with Gasteiger partial charge in [0.2, 0.25) is 0 Å². The van der Waals surface area contributed by atoms with Crippen molar-refractivity contribution < 1.29 is 8.78 Å². The molecule has 1 aromatic rings. The van der Waals surface area contributed by atoms with E-state index < -0.39 is 0 Å². The van der Waals surface area contributed by atoms with Gasteiger partial charge in [-0.3, -0.25) is 0 Å². The number of halogens is 3. The number of alkyl halides is 1. The first kappa shape index (κ1) is 15.8. The van der Waals surface area contributed by atoms with Gasteiger partial charge in [-0.15, -0.1) is 11.6 Å². The molecule has 0 aliphatic heterocycles. The van der Waals surface area contributed by atoms with E-state index in [0.717, 1.165) is 25.3 Å². The second-order valence-electron chi connectivity index (χ2n) is 7.09. The molecule has 0 radical (unpaired) electrons. The molecule has 0 saturated heterocycles. The van der Waals surface area contributed by atoms with Gasteiger partial charge < -0.3 is 0 Å². The van der Waals surface area contributed by atoms with Crippen LogP contribution in [0, 0.1) is 28.9 Å². The molecule has 0 amide bonds. The lowest BCUT2D eigenvalue weighted by Gasteiger charge is -2.40. The van der Waals surface area contributed by atoms with E-state index in [2.05, 4.69) is 20.8 Å². The molecular weight excluding hydrogens is 278 g/mol. The van der Waals surface area contributed by atoms with Gasteiger partial charge in [-0.1, -0.05) is 20.8 Å². The molecule has 1 aliphatic rings. The summed E-state index contributed by atoms with van der Waals surface area (Å²) in [5.41, 5.74) is 0.700. The third-order valence-corrected chi connectivity index (χ3v) is 5.18. The van der Waals surface area contributed by atoms with Crippen LogP contribution in [0.25, 0.3) is 0 Å². The van der Waals surface area contributed by atoms with E-state index in [4.69, 9.17) is 11.6 Å². The molecule has 1 aliphatic carbocycles. The van der Waals surface area contributed by atoms with Gasteiger partial charge in [-0.05, 0) is 66.7 Å². The lowest BCUT2D eigenvalue weighted by atomic mass is 9.68. The molecule has 0 nitrogen and oxygen atoms in total. The predicted octanol–water partition coefficient (Wildman–Crippen LogP) is 5.58. The molecule has 1 aromatic carbocycles. The molecule has 1 fully saturated rings. The summed E-state index contributed by atoms with van der Waals surface area (Å²) in [6, 6.07) is 3.67. The Morgan fingerprint density at radius 2 is 1.90 bits per heavy atom. The minimum absolute atomic E-state index is 0.0660. The van der Waals surface area contributed by atoms with Gasteiger partial charge in [-0.2, -0.15) is 0 Å². The van der Waals surface area contributed by atoms with Crippen LogP contribution in [0.3, 0.4) is 0 Å². The minimum Gasteiger partial charge on any atom is -0.207 e. The predicted molar refractivity (Wildman–Crippen MR) is 80.0 cm³/mol. The summed E-state index contributed by atoms with van der Waals surface area (Å²) in [6.45, 7) is 6.73. The first-order valence-corrected chi connectivity index (χ1v) is 7.79. The first-order valence-electron chi connectivity index (χ1n) is 7.35. The van der Waals surface area contributed by atoms with Gasteiger partial charge in [-0.25, -0.2) is 8.78 Å². The van der Waals surface area contributed by atoms with Gasteiger partial charge >= 0.3 is 0 Å². The Morgan fingerprint density at radius 3 is 2.55 bits per heavy atom. The topological polar surface area (TPSA) is 0 Å². The van der Waals surface area contributed by atoms with E-state index in [9.17, 15) is 8.78 Å². The molecule has 1 saturated carbocycles. The van der Waals surface area contributed by atoms with E-state index in [1.165, 1.54) is 12.1 Å². The van der Waals surface area contributed by atoms with Crippen molar-refractivity contribution in [1.29, 1.82) is 0 Å². The highest BCUT2D eigenvalue weighted by atomic mass is 35.5. The van der Waals surface area contributed by atoms with Gasteiger partial charge in [0.05, 0.1) is 0 Å². The van der Waals surface area contributed by atoms with E-state index in [0.29, 0.717) is 17.9 Å². The maximum absolute atomic E-state index is 13.8. The molecule has 3 unspecified atom stereocenters. The van der Waals surface area contributed by atoms with Gasteiger partial charge in [0.25, 0.3) is 0 Å². The van der Waals surface area contributed by atoms with Crippen molar-refractivity contribution in [3.8, 4) is 0 Å². The average molecular weight is 301 g/mol. The smallest absolute Gasteiger partial charge is 0.126 e. The zero-order chi connectivity index (χ0) is 14.9. The van der Waals surface area contributed by atoms with Crippen molar-refractivity contribution in [3.63, 3.8) is 0 Å². The average Bonchev–Trinajstić information content (AvgIpc) is 2.35. The standard InChI is InChI=1S/C17H23ClF2/c1-17(2,3)13-4-6-15(18)11(9-13)8-12-10-14(19)5-7-16(12)20/h5,7,10-11,13,15H,4,6,8-9H2,1-3H3. The summed E-state index contributed by atoms with van der Waals surface area (Å²) in [7, 11) is 0. The zero-order valence-electron chi connectivity index (χ0n) is 12.4. The highest BCUT2D eigenvalue weighted by molar-refractivity contribution is 6.20. The second kappa shape index (κ2) is 6.01. The third kappa shape index (κ3) is 3.72. The maximum atomic E-state index is 13.8. The monoisotopic (exact) mass is 300 g/mol. The molecule has 3 heteroatoms. The fraction of sp³-hybridized carbons (Fsp3) is 0.647. The highest BCUT2D eigenvalue weighted by Crippen LogP contribution is 2.43. The van der Waals surface area contributed by atoms with Crippen LogP contribution in [0.4, 0.5) is 8.78 Å². The van der Waals surface area contributed by atoms with E-state index >= 15 is 0 Å². The summed E-state index contributed by atoms with van der Waals surface area (Å²) in [5.74, 6) is 0.119. The Kier molecular flexibility index (Phi) is 4.73. The largest absolute Gasteiger partial charge is 0.207 e. The van der Waals surface area contributed by atoms with Crippen molar-refractivity contribution in [1.82, 2.24) is 0 Å². The van der Waals surface area contributed by atoms with Crippen molar-refractivity contribution in [2.24, 2.45) is 17.3 Å². The van der Waals surface area contributed by atoms with Crippen LogP contribution in [-0.2, 0) is 6.42 Å². The van der Waals surface area contributed by atoms with Crippen LogP contribution < -0.4 is 0 Å². The molecule has 2 rings (SSSR count). The number of benzene rings is 1. The Hall–Kier alpha value is -0.630. The van der Waals surface area contributed by atoms with E-state index in [1.807, 2.05) is 0 Å². The van der Waals surface area contributed by atoms with Crippen molar-refractivity contribution in [2.75, 3.05) is 0 Å². The number of hydrogen-bond donors (Lipinski definition) is 0. The van der Waals surface area contributed by atoms with Gasteiger partial charge in [0.15, 0.2) is 0 Å². The SMILES string of the molecule is CC(C)(C)C1CCC(Cl)C(Cc2cc(F)ccc2F)C1. The van der Waals surface area contributed by atoms with Crippen molar-refractivity contribution in [2.45, 2.75) is 51.8 Å². The van der Waals surface area contributed by atoms with Crippen LogP contribution in [0.2, 0.25) is 0 Å². The lowest BCUT2D eigenvalue weighted by Crippen LogP contribution is -2.33.